The predicted octanol–water partition coefficient (Wildman–Crippen LogP) is 3.20. The van der Waals surface area contributed by atoms with Gasteiger partial charge >= 0.3 is 0 Å². The van der Waals surface area contributed by atoms with E-state index in [4.69, 9.17) is 23.8 Å². The van der Waals surface area contributed by atoms with Crippen molar-refractivity contribution in [2.45, 2.75) is 20.4 Å². The highest BCUT2D eigenvalue weighted by Crippen LogP contribution is 2.18. The highest BCUT2D eigenvalue weighted by molar-refractivity contribution is 7.80. The van der Waals surface area contributed by atoms with E-state index in [1.54, 1.807) is 0 Å². The fourth-order valence-corrected chi connectivity index (χ4v) is 2.28. The summed E-state index contributed by atoms with van der Waals surface area (Å²) in [5.41, 5.74) is 2.09. The van der Waals surface area contributed by atoms with E-state index >= 15 is 0 Å². The summed E-state index contributed by atoms with van der Waals surface area (Å²) in [6, 6.07) is 9.73. The smallest absolute Gasteiger partial charge is 0.171 e. The normalized spacial score (nSPS) is 10.3. The van der Waals surface area contributed by atoms with Gasteiger partial charge in [0.1, 0.15) is 0 Å². The molecule has 0 saturated heterocycles. The van der Waals surface area contributed by atoms with E-state index in [1.165, 1.54) is 0 Å². The molecule has 2 aromatic rings. The minimum Gasteiger partial charge on any atom is -0.363 e. The van der Waals surface area contributed by atoms with Crippen LogP contribution in [-0.4, -0.2) is 21.4 Å². The first kappa shape index (κ1) is 14.8. The molecule has 1 heterocycles. The Bertz CT molecular complexity index is 609. The van der Waals surface area contributed by atoms with Gasteiger partial charge in [-0.1, -0.05) is 29.8 Å². The standard InChI is InChI=1S/C14H17ClN4S/c1-3-16-14(20)17-13-8-10(2)19(18-13)9-11-6-4-5-7-12(11)15/h4-8H,3,9H2,1-2H3,(H2,16,17,18,20). The Labute approximate surface area is 129 Å². The van der Waals surface area contributed by atoms with Gasteiger partial charge in [-0.05, 0) is 37.7 Å². The molecule has 20 heavy (non-hydrogen) atoms. The molecule has 1 aromatic carbocycles. The lowest BCUT2D eigenvalue weighted by atomic mass is 10.2. The van der Waals surface area contributed by atoms with Crippen molar-refractivity contribution in [2.24, 2.45) is 0 Å². The Kier molecular flexibility index (Phi) is 4.98. The molecule has 0 atom stereocenters. The highest BCUT2D eigenvalue weighted by Gasteiger charge is 2.07. The molecular formula is C14H17ClN4S. The summed E-state index contributed by atoms with van der Waals surface area (Å²) in [5, 5.41) is 11.9. The van der Waals surface area contributed by atoms with Crippen LogP contribution in [0.4, 0.5) is 5.82 Å². The maximum atomic E-state index is 6.17. The first-order chi connectivity index (χ1) is 9.60. The fraction of sp³-hybridized carbons (Fsp3) is 0.286. The van der Waals surface area contributed by atoms with Gasteiger partial charge in [0, 0.05) is 23.3 Å². The summed E-state index contributed by atoms with van der Waals surface area (Å²) in [6.07, 6.45) is 0. The van der Waals surface area contributed by atoms with E-state index in [0.717, 1.165) is 28.6 Å². The number of benzene rings is 1. The van der Waals surface area contributed by atoms with Gasteiger partial charge in [-0.25, -0.2) is 0 Å². The minimum absolute atomic E-state index is 0.579. The number of anilines is 1. The van der Waals surface area contributed by atoms with E-state index in [2.05, 4.69) is 15.7 Å². The second kappa shape index (κ2) is 6.72. The largest absolute Gasteiger partial charge is 0.363 e. The third-order valence-electron chi connectivity index (χ3n) is 2.84. The summed E-state index contributed by atoms with van der Waals surface area (Å²) in [5.74, 6) is 0.737. The van der Waals surface area contributed by atoms with Crippen LogP contribution in [0.3, 0.4) is 0 Å². The number of nitrogens with zero attached hydrogens (tertiary/aromatic N) is 2. The number of nitrogens with one attached hydrogen (secondary N) is 2. The van der Waals surface area contributed by atoms with Gasteiger partial charge in [0.15, 0.2) is 10.9 Å². The molecule has 0 fully saturated rings. The van der Waals surface area contributed by atoms with E-state index in [0.29, 0.717) is 11.7 Å². The maximum absolute atomic E-state index is 6.17. The molecule has 0 unspecified atom stereocenters. The molecule has 0 radical (unpaired) electrons. The molecule has 0 aliphatic carbocycles. The molecule has 0 aliphatic heterocycles. The average Bonchev–Trinajstić information content (AvgIpc) is 2.72. The van der Waals surface area contributed by atoms with Crippen molar-refractivity contribution in [3.05, 3.63) is 46.6 Å². The van der Waals surface area contributed by atoms with Crippen LogP contribution in [0.25, 0.3) is 0 Å². The highest BCUT2D eigenvalue weighted by atomic mass is 35.5. The molecule has 0 bridgehead atoms. The third kappa shape index (κ3) is 3.71. The molecule has 2 N–H and O–H groups in total. The van der Waals surface area contributed by atoms with Crippen LogP contribution in [0.2, 0.25) is 5.02 Å². The summed E-state index contributed by atoms with van der Waals surface area (Å²) in [4.78, 5) is 0. The second-order valence-electron chi connectivity index (χ2n) is 4.40. The van der Waals surface area contributed by atoms with Gasteiger partial charge in [0.05, 0.1) is 6.54 Å². The van der Waals surface area contributed by atoms with Crippen molar-refractivity contribution in [1.82, 2.24) is 15.1 Å². The summed E-state index contributed by atoms with van der Waals surface area (Å²) in [7, 11) is 0. The lowest BCUT2D eigenvalue weighted by Gasteiger charge is -2.07. The van der Waals surface area contributed by atoms with Crippen LogP contribution in [0.15, 0.2) is 30.3 Å². The van der Waals surface area contributed by atoms with Crippen LogP contribution in [0, 0.1) is 6.92 Å². The van der Waals surface area contributed by atoms with E-state index < -0.39 is 0 Å². The van der Waals surface area contributed by atoms with Gasteiger partial charge in [-0.2, -0.15) is 5.10 Å². The molecule has 0 saturated carbocycles. The Morgan fingerprint density at radius 1 is 1.40 bits per heavy atom. The monoisotopic (exact) mass is 308 g/mol. The fourth-order valence-electron chi connectivity index (χ4n) is 1.84. The Morgan fingerprint density at radius 3 is 2.85 bits per heavy atom. The molecular weight excluding hydrogens is 292 g/mol. The Hall–Kier alpha value is -1.59. The molecule has 0 amide bonds. The zero-order valence-corrected chi connectivity index (χ0v) is 13.1. The zero-order valence-electron chi connectivity index (χ0n) is 11.5. The van der Waals surface area contributed by atoms with Crippen LogP contribution in [0.5, 0.6) is 0 Å². The minimum atomic E-state index is 0.579. The number of hydrogen-bond acceptors (Lipinski definition) is 2. The molecule has 0 spiro atoms. The van der Waals surface area contributed by atoms with E-state index in [-0.39, 0.29) is 0 Å². The van der Waals surface area contributed by atoms with E-state index in [1.807, 2.05) is 48.9 Å². The van der Waals surface area contributed by atoms with Crippen molar-refractivity contribution >= 4 is 34.7 Å². The van der Waals surface area contributed by atoms with Gasteiger partial charge < -0.3 is 10.6 Å². The number of thiocarbonyl (C=S) groups is 1. The molecule has 4 nitrogen and oxygen atoms in total. The maximum Gasteiger partial charge on any atom is 0.171 e. The van der Waals surface area contributed by atoms with Gasteiger partial charge in [0.25, 0.3) is 0 Å². The van der Waals surface area contributed by atoms with E-state index in [9.17, 15) is 0 Å². The Morgan fingerprint density at radius 2 is 2.15 bits per heavy atom. The van der Waals surface area contributed by atoms with Crippen LogP contribution in [0.1, 0.15) is 18.2 Å². The SMILES string of the molecule is CCNC(=S)Nc1cc(C)n(Cc2ccccc2Cl)n1. The molecule has 106 valence electrons. The number of hydrogen-bond donors (Lipinski definition) is 2. The van der Waals surface area contributed by atoms with Crippen LogP contribution >= 0.6 is 23.8 Å². The first-order valence-corrected chi connectivity index (χ1v) is 7.21. The molecule has 6 heteroatoms. The van der Waals surface area contributed by atoms with Crippen molar-refractivity contribution in [1.29, 1.82) is 0 Å². The lowest BCUT2D eigenvalue weighted by Crippen LogP contribution is -2.28. The molecule has 2 rings (SSSR count). The average molecular weight is 309 g/mol. The quantitative estimate of drug-likeness (QED) is 0.851. The number of halogens is 1. The predicted molar refractivity (Wildman–Crippen MR) is 87.4 cm³/mol. The third-order valence-corrected chi connectivity index (χ3v) is 3.45. The summed E-state index contributed by atoms with van der Waals surface area (Å²) in [6.45, 7) is 5.42. The summed E-state index contributed by atoms with van der Waals surface area (Å²) < 4.78 is 1.90. The van der Waals surface area contributed by atoms with Crippen molar-refractivity contribution in [2.75, 3.05) is 11.9 Å². The number of rotatable bonds is 4. The zero-order chi connectivity index (χ0) is 14.5. The van der Waals surface area contributed by atoms with Crippen molar-refractivity contribution < 1.29 is 0 Å². The van der Waals surface area contributed by atoms with Crippen LogP contribution < -0.4 is 10.6 Å². The van der Waals surface area contributed by atoms with Gasteiger partial charge in [-0.3, -0.25) is 4.68 Å². The topological polar surface area (TPSA) is 41.9 Å². The molecule has 0 aliphatic rings. The Balaban J connectivity index is 2.12. The lowest BCUT2D eigenvalue weighted by molar-refractivity contribution is 0.668. The number of aryl methyl sites for hydroxylation is 1. The first-order valence-electron chi connectivity index (χ1n) is 6.43. The van der Waals surface area contributed by atoms with Crippen molar-refractivity contribution in [3.8, 4) is 0 Å². The number of aromatic nitrogens is 2. The molecule has 1 aromatic heterocycles. The van der Waals surface area contributed by atoms with Crippen LogP contribution in [-0.2, 0) is 6.54 Å². The summed E-state index contributed by atoms with van der Waals surface area (Å²) >= 11 is 11.3. The van der Waals surface area contributed by atoms with Crippen molar-refractivity contribution in [3.63, 3.8) is 0 Å². The van der Waals surface area contributed by atoms with Gasteiger partial charge in [-0.15, -0.1) is 0 Å². The van der Waals surface area contributed by atoms with Gasteiger partial charge in [0.2, 0.25) is 0 Å². The second-order valence-corrected chi connectivity index (χ2v) is 5.22.